The highest BCUT2D eigenvalue weighted by atomic mass is 16.5. The molecule has 9 nitrogen and oxygen atoms in total. The van der Waals surface area contributed by atoms with Crippen LogP contribution in [0.4, 0.5) is 5.82 Å². The van der Waals surface area contributed by atoms with Gasteiger partial charge in [0.2, 0.25) is 11.8 Å². The van der Waals surface area contributed by atoms with E-state index in [1.165, 1.54) is 4.68 Å². The van der Waals surface area contributed by atoms with Crippen molar-refractivity contribution in [1.82, 2.24) is 14.7 Å². The molecule has 2 aliphatic heterocycles. The van der Waals surface area contributed by atoms with Crippen molar-refractivity contribution in [2.24, 2.45) is 10.2 Å². The van der Waals surface area contributed by atoms with E-state index in [4.69, 9.17) is 11.2 Å². The van der Waals surface area contributed by atoms with E-state index in [1.807, 2.05) is 0 Å². The topological polar surface area (TPSA) is 101 Å². The molecule has 3 heterocycles. The first-order valence-corrected chi connectivity index (χ1v) is 8.67. The van der Waals surface area contributed by atoms with Gasteiger partial charge in [0.15, 0.2) is 11.5 Å². The summed E-state index contributed by atoms with van der Waals surface area (Å²) >= 11 is 0. The minimum absolute atomic E-state index is 0.0123. The predicted molar refractivity (Wildman–Crippen MR) is 93.1 cm³/mol. The third kappa shape index (κ3) is 4.89. The molecule has 0 atom stereocenters. The molecule has 2 amide bonds. The Morgan fingerprint density at radius 1 is 1.31 bits per heavy atom. The normalized spacial score (nSPS) is 17.6. The van der Waals surface area contributed by atoms with Crippen molar-refractivity contribution in [3.63, 3.8) is 0 Å². The lowest BCUT2D eigenvalue weighted by Crippen LogP contribution is -2.42. The van der Waals surface area contributed by atoms with E-state index in [1.54, 1.807) is 17.2 Å². The maximum Gasteiger partial charge on any atom is 0.244 e. The zero-order valence-corrected chi connectivity index (χ0v) is 14.6. The number of terminal acetylenes is 1. The van der Waals surface area contributed by atoms with E-state index in [0.717, 1.165) is 0 Å². The average molecular weight is 358 g/mol. The van der Waals surface area contributed by atoms with E-state index in [0.29, 0.717) is 51.4 Å². The first kappa shape index (κ1) is 18.1. The highest BCUT2D eigenvalue weighted by Crippen LogP contribution is 2.37. The quantitative estimate of drug-likeness (QED) is 0.702. The van der Waals surface area contributed by atoms with Gasteiger partial charge in [-0.2, -0.15) is 15.3 Å². The Balaban J connectivity index is 1.42. The average Bonchev–Trinajstić information content (AvgIpc) is 3.31. The van der Waals surface area contributed by atoms with Gasteiger partial charge < -0.3 is 15.0 Å². The molecule has 1 fully saturated rings. The number of nitrogens with zero attached hydrogens (tertiary/aromatic N) is 5. The summed E-state index contributed by atoms with van der Waals surface area (Å²) in [5, 5.41) is 15.0. The van der Waals surface area contributed by atoms with Gasteiger partial charge in [-0.3, -0.25) is 14.3 Å². The predicted octanol–water partition coefficient (Wildman–Crippen LogP) is 1.04. The standard InChI is InChI=1S/C17H22N6O3/c1-2-3-6-17(20-21-17)7-4-15(24)18-14-5-8-23(19-14)13-16(25)22-9-11-26-12-10-22/h1,5,8H,3-4,6-7,9-13H2,(H,18,19,24). The van der Waals surface area contributed by atoms with E-state index < -0.39 is 5.66 Å². The van der Waals surface area contributed by atoms with Gasteiger partial charge in [0.05, 0.1) is 13.2 Å². The third-order valence-corrected chi connectivity index (χ3v) is 4.37. The van der Waals surface area contributed by atoms with Crippen molar-refractivity contribution in [3.05, 3.63) is 12.3 Å². The van der Waals surface area contributed by atoms with E-state index in [-0.39, 0.29) is 24.8 Å². The maximum atomic E-state index is 12.2. The van der Waals surface area contributed by atoms with Gasteiger partial charge in [0.1, 0.15) is 6.54 Å². The van der Waals surface area contributed by atoms with Crippen molar-refractivity contribution in [2.45, 2.75) is 37.9 Å². The highest BCUT2D eigenvalue weighted by Gasteiger charge is 2.39. The number of aromatic nitrogens is 2. The van der Waals surface area contributed by atoms with Gasteiger partial charge in [-0.1, -0.05) is 0 Å². The fraction of sp³-hybridized carbons (Fsp3) is 0.588. The summed E-state index contributed by atoms with van der Waals surface area (Å²) in [7, 11) is 0. The summed E-state index contributed by atoms with van der Waals surface area (Å²) in [6.07, 6.45) is 9.02. The molecule has 2 aliphatic rings. The minimum atomic E-state index is -0.465. The fourth-order valence-corrected chi connectivity index (χ4v) is 2.75. The Bertz CT molecular complexity index is 723. The first-order valence-electron chi connectivity index (χ1n) is 8.67. The van der Waals surface area contributed by atoms with Crippen molar-refractivity contribution in [1.29, 1.82) is 0 Å². The molecule has 0 saturated carbocycles. The second kappa shape index (κ2) is 8.10. The molecular weight excluding hydrogens is 336 g/mol. The zero-order chi connectivity index (χ0) is 18.4. The lowest BCUT2D eigenvalue weighted by molar-refractivity contribution is -0.136. The van der Waals surface area contributed by atoms with Gasteiger partial charge in [0.25, 0.3) is 0 Å². The Labute approximate surface area is 151 Å². The van der Waals surface area contributed by atoms with Crippen LogP contribution in [0.15, 0.2) is 22.5 Å². The maximum absolute atomic E-state index is 12.2. The van der Waals surface area contributed by atoms with Crippen LogP contribution in [0.2, 0.25) is 0 Å². The Hall–Kier alpha value is -2.73. The molecule has 26 heavy (non-hydrogen) atoms. The molecule has 3 rings (SSSR count). The van der Waals surface area contributed by atoms with Crippen molar-refractivity contribution >= 4 is 17.6 Å². The van der Waals surface area contributed by atoms with Crippen LogP contribution in [-0.4, -0.2) is 58.5 Å². The van der Waals surface area contributed by atoms with Gasteiger partial charge >= 0.3 is 0 Å². The van der Waals surface area contributed by atoms with Crippen LogP contribution in [0, 0.1) is 12.3 Å². The monoisotopic (exact) mass is 358 g/mol. The highest BCUT2D eigenvalue weighted by molar-refractivity contribution is 5.89. The number of amides is 2. The molecule has 0 radical (unpaired) electrons. The number of ether oxygens (including phenoxy) is 1. The van der Waals surface area contributed by atoms with E-state index in [2.05, 4.69) is 26.6 Å². The molecule has 0 bridgehead atoms. The second-order valence-electron chi connectivity index (χ2n) is 6.33. The fourth-order valence-electron chi connectivity index (χ4n) is 2.75. The number of nitrogens with one attached hydrogen (secondary N) is 1. The molecule has 1 aromatic heterocycles. The van der Waals surface area contributed by atoms with Crippen molar-refractivity contribution < 1.29 is 14.3 Å². The molecule has 0 unspecified atom stereocenters. The second-order valence-corrected chi connectivity index (χ2v) is 6.33. The van der Waals surface area contributed by atoms with Crippen LogP contribution in [0.25, 0.3) is 0 Å². The molecular formula is C17H22N6O3. The van der Waals surface area contributed by atoms with E-state index in [9.17, 15) is 9.59 Å². The summed E-state index contributed by atoms with van der Waals surface area (Å²) in [4.78, 5) is 26.0. The Morgan fingerprint density at radius 3 is 2.77 bits per heavy atom. The third-order valence-electron chi connectivity index (χ3n) is 4.37. The van der Waals surface area contributed by atoms with Gasteiger partial charge in [0, 0.05) is 51.0 Å². The van der Waals surface area contributed by atoms with Crippen LogP contribution >= 0.6 is 0 Å². The number of carbonyl (C=O) groups excluding carboxylic acids is 2. The molecule has 0 aliphatic carbocycles. The molecule has 0 spiro atoms. The number of hydrogen-bond acceptors (Lipinski definition) is 6. The van der Waals surface area contributed by atoms with Crippen molar-refractivity contribution in [3.8, 4) is 12.3 Å². The lowest BCUT2D eigenvalue weighted by Gasteiger charge is -2.26. The number of carbonyl (C=O) groups is 2. The Morgan fingerprint density at radius 2 is 2.08 bits per heavy atom. The molecule has 138 valence electrons. The number of hydrogen-bond donors (Lipinski definition) is 1. The van der Waals surface area contributed by atoms with Gasteiger partial charge in [-0.15, -0.1) is 12.3 Å². The number of rotatable bonds is 8. The Kier molecular flexibility index (Phi) is 5.63. The van der Waals surface area contributed by atoms with Crippen molar-refractivity contribution in [2.75, 3.05) is 31.6 Å². The first-order chi connectivity index (χ1) is 12.6. The summed E-state index contributed by atoms with van der Waals surface area (Å²) in [5.41, 5.74) is -0.465. The minimum Gasteiger partial charge on any atom is -0.378 e. The molecule has 1 N–H and O–H groups in total. The van der Waals surface area contributed by atoms with Crippen LogP contribution in [0.3, 0.4) is 0 Å². The largest absolute Gasteiger partial charge is 0.378 e. The summed E-state index contributed by atoms with van der Waals surface area (Å²) in [6.45, 7) is 2.46. The number of anilines is 1. The number of morpholine rings is 1. The van der Waals surface area contributed by atoms with Crippen LogP contribution in [0.5, 0.6) is 0 Å². The van der Waals surface area contributed by atoms with Gasteiger partial charge in [-0.05, 0) is 0 Å². The zero-order valence-electron chi connectivity index (χ0n) is 14.6. The van der Waals surface area contributed by atoms with Crippen LogP contribution in [-0.2, 0) is 20.9 Å². The molecule has 1 saturated heterocycles. The molecule has 0 aromatic carbocycles. The molecule has 9 heteroatoms. The van der Waals surface area contributed by atoms with Gasteiger partial charge in [-0.25, -0.2) is 0 Å². The van der Waals surface area contributed by atoms with Crippen LogP contribution in [0.1, 0.15) is 25.7 Å². The summed E-state index contributed by atoms with van der Waals surface area (Å²) in [6, 6.07) is 1.67. The van der Waals surface area contributed by atoms with E-state index >= 15 is 0 Å². The van der Waals surface area contributed by atoms with Crippen LogP contribution < -0.4 is 5.32 Å². The molecule has 1 aromatic rings. The smallest absolute Gasteiger partial charge is 0.244 e. The SMILES string of the molecule is C#CCCC1(CCC(=O)Nc2ccn(CC(=O)N3CCOCC3)n2)N=N1. The summed E-state index contributed by atoms with van der Waals surface area (Å²) < 4.78 is 6.76. The summed E-state index contributed by atoms with van der Waals surface area (Å²) in [5.74, 6) is 2.81. The lowest BCUT2D eigenvalue weighted by atomic mass is 10.0.